The Balaban J connectivity index is 0.725. The molecule has 4 aromatic carbocycles. The van der Waals surface area contributed by atoms with E-state index in [1.54, 1.807) is 62.5 Å². The van der Waals surface area contributed by atoms with Crippen molar-refractivity contribution < 1.29 is 70.9 Å². The first-order valence-electron chi connectivity index (χ1n) is 34.4. The van der Waals surface area contributed by atoms with Crippen molar-refractivity contribution in [2.75, 3.05) is 87.6 Å². The molecule has 0 saturated carbocycles. The second-order valence-electron chi connectivity index (χ2n) is 26.3. The number of aromatic nitrogens is 2. The molecule has 0 bridgehead atoms. The summed E-state index contributed by atoms with van der Waals surface area (Å²) >= 11 is 0. The van der Waals surface area contributed by atoms with E-state index in [1.165, 1.54) is 70.5 Å². The highest BCUT2D eigenvalue weighted by Crippen LogP contribution is 2.43. The zero-order valence-electron chi connectivity index (χ0n) is 59.3. The number of aryl methyl sites for hydroxylation is 1. The van der Waals surface area contributed by atoms with Crippen LogP contribution in [0.3, 0.4) is 0 Å². The van der Waals surface area contributed by atoms with Gasteiger partial charge >= 0.3 is 36.0 Å². The molecule has 32 heteroatoms. The number of hydrogen-bond acceptors (Lipinski definition) is 18. The minimum absolute atomic E-state index is 0.0752. The van der Waals surface area contributed by atoms with Gasteiger partial charge in [-0.2, -0.15) is 0 Å². The van der Waals surface area contributed by atoms with E-state index in [9.17, 15) is 66.3 Å². The number of carboxylic acid groups (broad SMARTS) is 1. The molecule has 31 nitrogen and oxygen atoms in total. The number of cyclic esters (lactones) is 1. The standard InChI is InChI=1S/C72H89N15O16S/c1-9-28-74-69(97)76-46-18-15-20-48(35-46)104(100,101)82-47-19-14-17-43(34-47)55(38-61(90)91)80-70(98)75-44-24-26-45(27-25-44)77-71(99)85(8)33-32-83(6)30-31-84(7)40-60(89)78-56(37-59(73)88)66(94)86-29-16-23-57(86)64(92)81-62(42(4)5)67(95)103-72(11-3)53-36-58-63-51(39-87(58)65(93)52(53)41-102-68(72)96)49(10-2)50-21-12-13-22-54(50)79-63/h12-15,17-22,24-27,34-36,42,55-57,62,82H,9-11,16,23,28-33,37-41H2,1-8H3,(H2,73,88)(H,77,99)(H,78,89)(H,81,92)(H,90,91)(H2,74,76,97)(H2,75,80,98). The van der Waals surface area contributed by atoms with Gasteiger partial charge in [-0.1, -0.05) is 71.0 Å². The monoisotopic (exact) mass is 1450 g/mol. The number of nitrogens with zero attached hydrogens (tertiary/aromatic N) is 6. The molecule has 104 heavy (non-hydrogen) atoms. The number of hydrogen-bond donors (Lipinski definition) is 10. The van der Waals surface area contributed by atoms with Crippen LogP contribution < -0.4 is 53.2 Å². The summed E-state index contributed by atoms with van der Waals surface area (Å²) in [6.07, 6.45) is 0.649. The number of esters is 2. The summed E-state index contributed by atoms with van der Waals surface area (Å²) in [5, 5.41) is 29.4. The van der Waals surface area contributed by atoms with Gasteiger partial charge in [0.05, 0.1) is 59.3 Å². The lowest BCUT2D eigenvalue weighted by Crippen LogP contribution is -2.58. The number of ether oxygens (including phenoxy) is 2. The number of aliphatic carboxylic acids is 1. The van der Waals surface area contributed by atoms with E-state index in [0.717, 1.165) is 22.0 Å². The number of fused-ring (bicyclic) bond motifs is 5. The summed E-state index contributed by atoms with van der Waals surface area (Å²) in [4.78, 5) is 159. The fourth-order valence-electron chi connectivity index (χ4n) is 12.8. The molecule has 2 aromatic heterocycles. The Morgan fingerprint density at radius 1 is 0.769 bits per heavy atom. The number of likely N-dealkylation sites (tertiary alicyclic amines) is 1. The Bertz CT molecular complexity index is 4460. The number of nitrogens with one attached hydrogen (secondary N) is 8. The average molecular weight is 1450 g/mol. The van der Waals surface area contributed by atoms with Crippen LogP contribution >= 0.6 is 0 Å². The number of benzene rings is 4. The van der Waals surface area contributed by atoms with E-state index in [1.807, 2.05) is 50.1 Å². The number of rotatable bonds is 31. The van der Waals surface area contributed by atoms with Crippen molar-refractivity contribution in [2.24, 2.45) is 11.7 Å². The van der Waals surface area contributed by atoms with Crippen LogP contribution in [0.15, 0.2) is 113 Å². The van der Waals surface area contributed by atoms with Gasteiger partial charge in [0.25, 0.3) is 15.6 Å². The lowest BCUT2D eigenvalue weighted by Gasteiger charge is -2.37. The molecule has 5 atom stereocenters. The van der Waals surface area contributed by atoms with Crippen LogP contribution in [0.2, 0.25) is 0 Å². The van der Waals surface area contributed by atoms with Crippen molar-refractivity contribution in [1.29, 1.82) is 0 Å². The number of primary amides is 1. The van der Waals surface area contributed by atoms with Crippen molar-refractivity contribution in [2.45, 2.75) is 127 Å². The molecule has 0 aliphatic carbocycles. The highest BCUT2D eigenvalue weighted by atomic mass is 32.2. The van der Waals surface area contributed by atoms with Gasteiger partial charge in [-0.05, 0) is 130 Å². The van der Waals surface area contributed by atoms with Gasteiger partial charge in [-0.25, -0.2) is 37.4 Å². The van der Waals surface area contributed by atoms with E-state index in [4.69, 9.17) is 20.2 Å². The topological polar surface area (TPSA) is 414 Å². The van der Waals surface area contributed by atoms with Crippen LogP contribution in [0.4, 0.5) is 37.1 Å². The number of carbonyl (C=O) groups excluding carboxylic acids is 9. The number of carbonyl (C=O) groups is 10. The fraction of sp³-hybridized carbons (Fsp3) is 0.417. The summed E-state index contributed by atoms with van der Waals surface area (Å²) in [6.45, 7) is 10.5. The van der Waals surface area contributed by atoms with E-state index in [0.29, 0.717) is 68.2 Å². The average Bonchev–Trinajstić information content (AvgIpc) is 1.47. The van der Waals surface area contributed by atoms with Gasteiger partial charge in [0.2, 0.25) is 29.2 Å². The number of para-hydroxylation sites is 1. The SMILES string of the molecule is CCCNC(=O)Nc1cccc(S(=O)(=O)Nc2cccc(C(CC(=O)O)NC(=O)Nc3ccc(NC(=O)N(C)CCN(C)CCN(C)CC(=O)NC(CC(N)=O)C(=O)N4CCCC4C(=O)NC(C(=O)OC4(CC)C(=O)OCc5c4cc4n(c5=O)Cc5c-4nc4ccccc4c5CC)C(C)C)cc3)c2)c1. The largest absolute Gasteiger partial charge is 0.481 e. The Kier molecular flexibility index (Phi) is 25.1. The molecule has 3 aliphatic heterocycles. The van der Waals surface area contributed by atoms with Crippen LogP contribution in [0, 0.1) is 5.92 Å². The predicted molar refractivity (Wildman–Crippen MR) is 386 cm³/mol. The molecule has 0 spiro atoms. The summed E-state index contributed by atoms with van der Waals surface area (Å²) < 4.78 is 42.7. The molecule has 0 radical (unpaired) electrons. The highest BCUT2D eigenvalue weighted by Gasteiger charge is 2.52. The van der Waals surface area contributed by atoms with Crippen molar-refractivity contribution >= 4 is 103 Å². The van der Waals surface area contributed by atoms with Gasteiger partial charge in [0.1, 0.15) is 24.7 Å². The molecule has 3 aliphatic rings. The third-order valence-corrected chi connectivity index (χ3v) is 19.8. The Morgan fingerprint density at radius 3 is 2.14 bits per heavy atom. The first-order valence-corrected chi connectivity index (χ1v) is 35.8. The summed E-state index contributed by atoms with van der Waals surface area (Å²) in [5.74, 6) is -6.70. The number of pyridine rings is 2. The van der Waals surface area contributed by atoms with Crippen LogP contribution in [0.25, 0.3) is 22.3 Å². The van der Waals surface area contributed by atoms with Gasteiger partial charge < -0.3 is 76.8 Å². The molecule has 11 N–H and O–H groups in total. The van der Waals surface area contributed by atoms with Crippen LogP contribution in [0.5, 0.6) is 0 Å². The van der Waals surface area contributed by atoms with Crippen molar-refractivity contribution in [3.63, 3.8) is 0 Å². The van der Waals surface area contributed by atoms with Gasteiger partial charge in [-0.15, -0.1) is 0 Å². The Morgan fingerprint density at radius 2 is 1.45 bits per heavy atom. The fourth-order valence-corrected chi connectivity index (χ4v) is 13.9. The maximum atomic E-state index is 14.5. The molecule has 1 saturated heterocycles. The quantitative estimate of drug-likeness (QED) is 0.0244. The van der Waals surface area contributed by atoms with Crippen molar-refractivity contribution in [3.05, 3.63) is 141 Å². The Hall–Kier alpha value is -11.0. The van der Waals surface area contributed by atoms with E-state index < -0.39 is 124 Å². The van der Waals surface area contributed by atoms with E-state index in [2.05, 4.69) is 41.9 Å². The molecule has 554 valence electrons. The van der Waals surface area contributed by atoms with Gasteiger partial charge in [0, 0.05) is 85.6 Å². The second-order valence-corrected chi connectivity index (χ2v) is 28.0. The molecular formula is C72H89N15O16S. The molecule has 9 rings (SSSR count). The first kappa shape index (κ1) is 77.2. The van der Waals surface area contributed by atoms with Gasteiger partial charge in [0.15, 0.2) is 0 Å². The molecule has 10 amide bonds. The van der Waals surface area contributed by atoms with E-state index in [-0.39, 0.29) is 78.6 Å². The summed E-state index contributed by atoms with van der Waals surface area (Å²) in [6, 6.07) is 20.2. The number of likely N-dealkylation sites (N-methyl/N-ethyl adjacent to an activating group) is 3. The summed E-state index contributed by atoms with van der Waals surface area (Å²) in [7, 11) is 0.907. The zero-order chi connectivity index (χ0) is 75.3. The summed E-state index contributed by atoms with van der Waals surface area (Å²) in [5.41, 5.74) is 8.40. The van der Waals surface area contributed by atoms with Crippen LogP contribution in [-0.2, 0) is 78.2 Å². The third-order valence-electron chi connectivity index (χ3n) is 18.4. The number of amides is 10. The second kappa shape index (κ2) is 33.9. The maximum absolute atomic E-state index is 14.5. The third kappa shape index (κ3) is 18.4. The number of carboxylic acids is 1. The minimum Gasteiger partial charge on any atom is -0.481 e. The highest BCUT2D eigenvalue weighted by molar-refractivity contribution is 7.92. The minimum atomic E-state index is -4.20. The molecular weight excluding hydrogens is 1360 g/mol. The smallest absolute Gasteiger partial charge is 0.355 e. The lowest BCUT2D eigenvalue weighted by molar-refractivity contribution is -0.191. The maximum Gasteiger partial charge on any atom is 0.355 e. The molecule has 5 heterocycles. The van der Waals surface area contributed by atoms with Crippen molar-refractivity contribution in [3.8, 4) is 11.4 Å². The number of anilines is 4. The number of sulfonamides is 1. The molecule has 1 fully saturated rings. The van der Waals surface area contributed by atoms with Crippen LogP contribution in [-0.4, -0.2) is 187 Å². The number of urea groups is 3. The molecule has 6 aromatic rings. The predicted octanol–water partition coefficient (Wildman–Crippen LogP) is 5.38. The normalized spacial score (nSPS) is 16.0. The first-order chi connectivity index (χ1) is 49.5. The lowest BCUT2D eigenvalue weighted by atomic mass is 9.85. The van der Waals surface area contributed by atoms with Gasteiger partial charge in [-0.3, -0.25) is 38.4 Å². The Labute approximate surface area is 601 Å². The van der Waals surface area contributed by atoms with Crippen molar-refractivity contribution in [1.82, 2.24) is 50.4 Å². The zero-order valence-corrected chi connectivity index (χ0v) is 60.1. The van der Waals surface area contributed by atoms with E-state index >= 15 is 0 Å². The molecule has 5 unspecified atom stereocenters. The number of nitrogens with two attached hydrogens (primary N) is 1. The van der Waals surface area contributed by atoms with Crippen LogP contribution in [0.1, 0.15) is 107 Å².